The number of hydrogen-bond acceptors (Lipinski definition) is 9. The van der Waals surface area contributed by atoms with Crippen molar-refractivity contribution in [2.24, 2.45) is 19.5 Å². The zero-order valence-corrected chi connectivity index (χ0v) is 29.5. The zero-order valence-electron chi connectivity index (χ0n) is 28.7. The van der Waals surface area contributed by atoms with Crippen LogP contribution < -0.4 is 15.8 Å². The SMILES string of the molecule is CC(=O)OCc1c(-c2cc(Nc3cc(CN(C)C4COC4)n(C)n3)c(=O)n(C)c2)cc(F)cc1N1CCc2c(sc3c2CC(C)(C)C3)C1=O. The first-order chi connectivity index (χ1) is 23.3. The minimum absolute atomic E-state index is 0.176. The molecule has 5 heterocycles. The molecule has 11 nitrogen and oxygen atoms in total. The Labute approximate surface area is 288 Å². The van der Waals surface area contributed by atoms with Crippen molar-refractivity contribution in [3.8, 4) is 11.1 Å². The minimum atomic E-state index is -0.552. The van der Waals surface area contributed by atoms with Gasteiger partial charge in [0.25, 0.3) is 11.5 Å². The molecule has 4 aromatic rings. The summed E-state index contributed by atoms with van der Waals surface area (Å²) in [5.74, 6) is -0.742. The van der Waals surface area contributed by atoms with Gasteiger partial charge in [0.1, 0.15) is 18.1 Å². The molecule has 1 aromatic carbocycles. The number of nitrogens with zero attached hydrogens (tertiary/aromatic N) is 5. The van der Waals surface area contributed by atoms with Crippen LogP contribution in [-0.4, -0.2) is 64.0 Å². The summed E-state index contributed by atoms with van der Waals surface area (Å²) in [6.07, 6.45) is 4.15. The molecule has 13 heteroatoms. The quantitative estimate of drug-likeness (QED) is 0.246. The summed E-state index contributed by atoms with van der Waals surface area (Å²) in [6.45, 7) is 8.05. The van der Waals surface area contributed by atoms with Crippen molar-refractivity contribution in [2.45, 2.75) is 59.2 Å². The first-order valence-corrected chi connectivity index (χ1v) is 17.3. The molecule has 0 saturated carbocycles. The fourth-order valence-corrected chi connectivity index (χ4v) is 8.67. The Morgan fingerprint density at radius 1 is 1.16 bits per heavy atom. The first-order valence-electron chi connectivity index (χ1n) is 16.5. The normalized spacial score (nSPS) is 16.9. The van der Waals surface area contributed by atoms with Gasteiger partial charge in [-0.05, 0) is 66.6 Å². The molecule has 3 aliphatic rings. The van der Waals surface area contributed by atoms with Gasteiger partial charge < -0.3 is 24.3 Å². The van der Waals surface area contributed by atoms with Crippen molar-refractivity contribution in [3.05, 3.63) is 78.8 Å². The summed E-state index contributed by atoms with van der Waals surface area (Å²) in [4.78, 5) is 45.2. The number of esters is 1. The lowest BCUT2D eigenvalue weighted by molar-refractivity contribution is -0.142. The van der Waals surface area contributed by atoms with Gasteiger partial charge in [0.15, 0.2) is 5.82 Å². The second kappa shape index (κ2) is 12.5. The van der Waals surface area contributed by atoms with E-state index in [1.54, 1.807) is 40.2 Å². The molecule has 3 aromatic heterocycles. The molecular weight excluding hydrogens is 647 g/mol. The molecule has 0 radical (unpaired) electrons. The maximum atomic E-state index is 15.6. The Morgan fingerprint density at radius 3 is 2.65 bits per heavy atom. The van der Waals surface area contributed by atoms with Crippen LogP contribution in [0.2, 0.25) is 0 Å². The molecule has 1 fully saturated rings. The van der Waals surface area contributed by atoms with Crippen molar-refractivity contribution < 1.29 is 23.5 Å². The largest absolute Gasteiger partial charge is 0.461 e. The van der Waals surface area contributed by atoms with Crippen molar-refractivity contribution in [2.75, 3.05) is 37.0 Å². The molecule has 0 atom stereocenters. The van der Waals surface area contributed by atoms with Crippen LogP contribution in [0.1, 0.15) is 57.7 Å². The van der Waals surface area contributed by atoms with E-state index in [0.717, 1.165) is 24.1 Å². The van der Waals surface area contributed by atoms with Crippen molar-refractivity contribution in [3.63, 3.8) is 0 Å². The molecule has 0 spiro atoms. The zero-order chi connectivity index (χ0) is 34.8. The molecule has 1 amide bonds. The number of fused-ring (bicyclic) bond motifs is 3. The Bertz CT molecular complexity index is 2040. The number of pyridine rings is 1. The Morgan fingerprint density at radius 2 is 1.94 bits per heavy atom. The van der Waals surface area contributed by atoms with E-state index >= 15 is 4.39 Å². The predicted octanol–water partition coefficient (Wildman–Crippen LogP) is 4.95. The number of benzene rings is 1. The van der Waals surface area contributed by atoms with E-state index in [2.05, 4.69) is 29.2 Å². The highest BCUT2D eigenvalue weighted by Gasteiger charge is 2.39. The van der Waals surface area contributed by atoms with Crippen LogP contribution in [0.4, 0.5) is 21.6 Å². The number of aromatic nitrogens is 3. The Hall–Kier alpha value is -4.33. The molecular formula is C36H41FN6O5S. The monoisotopic (exact) mass is 688 g/mol. The molecule has 0 bridgehead atoms. The third-order valence-electron chi connectivity index (χ3n) is 9.81. The number of halogens is 1. The lowest BCUT2D eigenvalue weighted by Gasteiger charge is -2.34. The summed E-state index contributed by atoms with van der Waals surface area (Å²) in [6, 6.07) is 6.58. The molecule has 258 valence electrons. The third-order valence-corrected chi connectivity index (χ3v) is 11.1. The number of aryl methyl sites for hydroxylation is 2. The Kier molecular flexibility index (Phi) is 8.48. The number of anilines is 3. The number of amides is 1. The fraction of sp³-hybridized carbons (Fsp3) is 0.444. The highest BCUT2D eigenvalue weighted by molar-refractivity contribution is 7.14. The smallest absolute Gasteiger partial charge is 0.302 e. The first kappa shape index (κ1) is 33.2. The van der Waals surface area contributed by atoms with Crippen LogP contribution in [0.25, 0.3) is 11.1 Å². The topological polar surface area (TPSA) is 111 Å². The molecule has 49 heavy (non-hydrogen) atoms. The van der Waals surface area contributed by atoms with Gasteiger partial charge in [-0.15, -0.1) is 11.3 Å². The van der Waals surface area contributed by atoms with Crippen molar-refractivity contribution in [1.29, 1.82) is 0 Å². The van der Waals surface area contributed by atoms with Crippen LogP contribution >= 0.6 is 11.3 Å². The fourth-order valence-electron chi connectivity index (χ4n) is 7.10. The molecule has 1 saturated heterocycles. The second-order valence-electron chi connectivity index (χ2n) is 14.2. The minimum Gasteiger partial charge on any atom is -0.461 e. The van der Waals surface area contributed by atoms with Gasteiger partial charge >= 0.3 is 5.97 Å². The standard InChI is InChI=1S/C36H41FN6O5S/c1-20(44)48-19-28-26(10-22(37)11-30(28)43-8-7-25-27-13-36(2,3)14-31(27)49-33(25)35(43)46)21-9-29(34(45)41(5)15-21)38-32-12-23(42(6)39-32)16-40(4)24-17-47-18-24/h9-12,15,24H,7-8,13-14,16-19H2,1-6H3,(H,38,39). The number of carbonyl (C=O) groups excluding carboxylic acids is 2. The highest BCUT2D eigenvalue weighted by atomic mass is 32.1. The lowest BCUT2D eigenvalue weighted by Crippen LogP contribution is -2.46. The molecule has 1 aliphatic carbocycles. The van der Waals surface area contributed by atoms with E-state index in [0.29, 0.717) is 71.8 Å². The summed E-state index contributed by atoms with van der Waals surface area (Å²) in [7, 11) is 5.51. The van der Waals surface area contributed by atoms with Crippen LogP contribution in [0.3, 0.4) is 0 Å². The second-order valence-corrected chi connectivity index (χ2v) is 15.3. The number of rotatable bonds is 9. The number of nitrogens with one attached hydrogen (secondary N) is 1. The lowest BCUT2D eigenvalue weighted by atomic mass is 9.89. The van der Waals surface area contributed by atoms with Crippen LogP contribution in [0, 0.1) is 11.2 Å². The van der Waals surface area contributed by atoms with Gasteiger partial charge in [0.05, 0.1) is 35.5 Å². The summed E-state index contributed by atoms with van der Waals surface area (Å²) >= 11 is 1.55. The highest BCUT2D eigenvalue weighted by Crippen LogP contribution is 2.46. The molecule has 1 N–H and O–H groups in total. The van der Waals surface area contributed by atoms with E-state index in [9.17, 15) is 14.4 Å². The number of carbonyl (C=O) groups is 2. The summed E-state index contributed by atoms with van der Waals surface area (Å²) in [5.41, 5.74) is 5.22. The van der Waals surface area contributed by atoms with Gasteiger partial charge in [-0.1, -0.05) is 13.8 Å². The van der Waals surface area contributed by atoms with E-state index in [4.69, 9.17) is 9.47 Å². The van der Waals surface area contributed by atoms with E-state index < -0.39 is 11.8 Å². The average molecular weight is 689 g/mol. The Balaban J connectivity index is 1.24. The average Bonchev–Trinajstić information content (AvgIpc) is 3.62. The summed E-state index contributed by atoms with van der Waals surface area (Å²) in [5, 5.41) is 7.75. The summed E-state index contributed by atoms with van der Waals surface area (Å²) < 4.78 is 29.6. The van der Waals surface area contributed by atoms with Crippen LogP contribution in [0.15, 0.2) is 35.3 Å². The number of ether oxygens (including phenoxy) is 2. The predicted molar refractivity (Wildman–Crippen MR) is 186 cm³/mol. The van der Waals surface area contributed by atoms with Gasteiger partial charge in [0, 0.05) is 62.4 Å². The van der Waals surface area contributed by atoms with E-state index in [1.807, 2.05) is 20.2 Å². The maximum Gasteiger partial charge on any atom is 0.302 e. The molecule has 0 unspecified atom stereocenters. The van der Waals surface area contributed by atoms with Crippen molar-refractivity contribution >= 4 is 40.4 Å². The van der Waals surface area contributed by atoms with Crippen molar-refractivity contribution in [1.82, 2.24) is 19.2 Å². The number of thiophene rings is 1. The van der Waals surface area contributed by atoms with Crippen LogP contribution in [0.5, 0.6) is 0 Å². The third kappa shape index (κ3) is 6.30. The molecule has 2 aliphatic heterocycles. The van der Waals surface area contributed by atoms with E-state index in [1.165, 1.54) is 34.1 Å². The van der Waals surface area contributed by atoms with Gasteiger partial charge in [-0.25, -0.2) is 4.39 Å². The number of likely N-dealkylation sites (N-methyl/N-ethyl adjacent to an activating group) is 1. The van der Waals surface area contributed by atoms with Gasteiger partial charge in [-0.3, -0.25) is 24.0 Å². The maximum absolute atomic E-state index is 15.6. The van der Waals surface area contributed by atoms with Gasteiger partial charge in [-0.2, -0.15) is 5.10 Å². The van der Waals surface area contributed by atoms with Crippen LogP contribution in [-0.2, 0) is 60.8 Å². The van der Waals surface area contributed by atoms with E-state index in [-0.39, 0.29) is 29.2 Å². The van der Waals surface area contributed by atoms with Gasteiger partial charge in [0.2, 0.25) is 0 Å². The molecule has 7 rings (SSSR count). The number of hydrogen-bond donors (Lipinski definition) is 1.